The lowest BCUT2D eigenvalue weighted by molar-refractivity contribution is -0.896. The molecule has 0 radical (unpaired) electrons. The SMILES string of the molecule is Cc1cc(=O)oc2cc(OCC(=O)N3CC[NH+](CC(=O)NC(C)C)CC3)ccc12. The van der Waals surface area contributed by atoms with Crippen LogP contribution in [0.3, 0.4) is 0 Å². The summed E-state index contributed by atoms with van der Waals surface area (Å²) < 4.78 is 10.8. The number of piperazine rings is 1. The fraction of sp³-hybridized carbons (Fsp3) is 0.476. The highest BCUT2D eigenvalue weighted by atomic mass is 16.5. The molecule has 1 saturated heterocycles. The number of hydrogen-bond acceptors (Lipinski definition) is 5. The molecule has 1 aliphatic rings. The number of nitrogens with zero attached hydrogens (tertiary/aromatic N) is 1. The molecule has 0 spiro atoms. The Kier molecular flexibility index (Phi) is 6.53. The monoisotopic (exact) mass is 402 g/mol. The van der Waals surface area contributed by atoms with Crippen LogP contribution in [0.5, 0.6) is 5.75 Å². The lowest BCUT2D eigenvalue weighted by Gasteiger charge is -2.32. The molecule has 2 N–H and O–H groups in total. The van der Waals surface area contributed by atoms with Crippen molar-refractivity contribution in [1.82, 2.24) is 10.2 Å². The van der Waals surface area contributed by atoms with Crippen LogP contribution in [0.25, 0.3) is 11.0 Å². The zero-order valence-corrected chi connectivity index (χ0v) is 17.1. The minimum atomic E-state index is -0.411. The molecule has 156 valence electrons. The van der Waals surface area contributed by atoms with E-state index in [1.807, 2.05) is 26.8 Å². The van der Waals surface area contributed by atoms with Gasteiger partial charge in [-0.25, -0.2) is 4.79 Å². The molecule has 0 bridgehead atoms. The van der Waals surface area contributed by atoms with E-state index in [2.05, 4.69) is 5.32 Å². The highest BCUT2D eigenvalue weighted by molar-refractivity contribution is 5.82. The number of benzene rings is 1. The first-order chi connectivity index (χ1) is 13.8. The van der Waals surface area contributed by atoms with Crippen molar-refractivity contribution in [3.05, 3.63) is 40.2 Å². The van der Waals surface area contributed by atoms with E-state index >= 15 is 0 Å². The van der Waals surface area contributed by atoms with Gasteiger partial charge in [-0.1, -0.05) is 0 Å². The summed E-state index contributed by atoms with van der Waals surface area (Å²) in [6, 6.07) is 6.79. The third-order valence-corrected chi connectivity index (χ3v) is 4.97. The number of carbonyl (C=O) groups is 2. The lowest BCUT2D eigenvalue weighted by Crippen LogP contribution is -3.16. The van der Waals surface area contributed by atoms with Crippen LogP contribution in [0.4, 0.5) is 0 Å². The van der Waals surface area contributed by atoms with Gasteiger partial charge in [0.25, 0.3) is 11.8 Å². The number of carbonyl (C=O) groups excluding carboxylic acids is 2. The fourth-order valence-corrected chi connectivity index (χ4v) is 3.48. The van der Waals surface area contributed by atoms with Crippen molar-refractivity contribution in [3.63, 3.8) is 0 Å². The predicted octanol–water partition coefficient (Wildman–Crippen LogP) is -0.268. The maximum atomic E-state index is 12.5. The van der Waals surface area contributed by atoms with Crippen molar-refractivity contribution in [1.29, 1.82) is 0 Å². The van der Waals surface area contributed by atoms with Gasteiger partial charge in [-0.15, -0.1) is 0 Å². The number of ether oxygens (including phenoxy) is 1. The molecular weight excluding hydrogens is 374 g/mol. The maximum Gasteiger partial charge on any atom is 0.336 e. The number of nitrogens with one attached hydrogen (secondary N) is 2. The van der Waals surface area contributed by atoms with E-state index in [0.29, 0.717) is 31.0 Å². The highest BCUT2D eigenvalue weighted by Crippen LogP contribution is 2.22. The molecule has 1 aromatic heterocycles. The molecular formula is C21H28N3O5+. The molecule has 1 fully saturated rings. The van der Waals surface area contributed by atoms with Crippen molar-refractivity contribution in [2.24, 2.45) is 0 Å². The van der Waals surface area contributed by atoms with Gasteiger partial charge in [-0.05, 0) is 38.5 Å². The number of rotatable bonds is 6. The van der Waals surface area contributed by atoms with Crippen molar-refractivity contribution >= 4 is 22.8 Å². The van der Waals surface area contributed by atoms with Crippen LogP contribution in [-0.2, 0) is 9.59 Å². The first-order valence-corrected chi connectivity index (χ1v) is 9.90. The number of amides is 2. The van der Waals surface area contributed by atoms with Crippen LogP contribution in [0.1, 0.15) is 19.4 Å². The Morgan fingerprint density at radius 1 is 1.24 bits per heavy atom. The predicted molar refractivity (Wildman–Crippen MR) is 108 cm³/mol. The second-order valence-corrected chi connectivity index (χ2v) is 7.72. The molecule has 8 nitrogen and oxygen atoms in total. The summed E-state index contributed by atoms with van der Waals surface area (Å²) in [6.45, 7) is 8.73. The Balaban J connectivity index is 1.50. The smallest absolute Gasteiger partial charge is 0.336 e. The van der Waals surface area contributed by atoms with E-state index in [4.69, 9.17) is 9.15 Å². The molecule has 0 aliphatic carbocycles. The summed E-state index contributed by atoms with van der Waals surface area (Å²) in [6.07, 6.45) is 0. The summed E-state index contributed by atoms with van der Waals surface area (Å²) in [5, 5.41) is 3.73. The van der Waals surface area contributed by atoms with Crippen molar-refractivity contribution < 1.29 is 23.6 Å². The first kappa shape index (κ1) is 20.9. The van der Waals surface area contributed by atoms with Gasteiger partial charge in [0, 0.05) is 23.6 Å². The van der Waals surface area contributed by atoms with Gasteiger partial charge in [0.05, 0.1) is 26.2 Å². The van der Waals surface area contributed by atoms with E-state index in [-0.39, 0.29) is 24.5 Å². The second-order valence-electron chi connectivity index (χ2n) is 7.72. The summed E-state index contributed by atoms with van der Waals surface area (Å²) in [5.74, 6) is 0.423. The zero-order chi connectivity index (χ0) is 21.0. The normalized spacial score (nSPS) is 15.0. The number of quaternary nitrogens is 1. The molecule has 1 aromatic carbocycles. The van der Waals surface area contributed by atoms with Crippen LogP contribution >= 0.6 is 0 Å². The third-order valence-electron chi connectivity index (χ3n) is 4.97. The van der Waals surface area contributed by atoms with Crippen LogP contribution < -0.4 is 20.6 Å². The fourth-order valence-electron chi connectivity index (χ4n) is 3.48. The average molecular weight is 402 g/mol. The minimum absolute atomic E-state index is 0.0382. The van der Waals surface area contributed by atoms with Crippen molar-refractivity contribution in [2.45, 2.75) is 26.8 Å². The van der Waals surface area contributed by atoms with Gasteiger partial charge in [0.1, 0.15) is 11.3 Å². The largest absolute Gasteiger partial charge is 0.484 e. The summed E-state index contributed by atoms with van der Waals surface area (Å²) in [5.41, 5.74) is 0.865. The Morgan fingerprint density at radius 3 is 2.66 bits per heavy atom. The standard InChI is InChI=1S/C21H27N3O5/c1-14(2)22-19(25)12-23-6-8-24(9-7-23)20(26)13-28-16-4-5-17-15(3)10-21(27)29-18(17)11-16/h4-5,10-11,14H,6-9,12-13H2,1-3H3,(H,22,25)/p+1. The lowest BCUT2D eigenvalue weighted by atomic mass is 10.1. The van der Waals surface area contributed by atoms with Crippen LogP contribution in [-0.4, -0.2) is 62.1 Å². The molecule has 2 aromatic rings. The molecule has 29 heavy (non-hydrogen) atoms. The molecule has 3 rings (SSSR count). The molecule has 0 unspecified atom stereocenters. The topological polar surface area (TPSA) is 93.3 Å². The van der Waals surface area contributed by atoms with Crippen molar-refractivity contribution in [3.8, 4) is 5.75 Å². The number of aryl methyl sites for hydroxylation is 1. The molecule has 2 heterocycles. The average Bonchev–Trinajstić information content (AvgIpc) is 2.65. The zero-order valence-electron chi connectivity index (χ0n) is 17.1. The van der Waals surface area contributed by atoms with Gasteiger partial charge in [0.15, 0.2) is 13.2 Å². The summed E-state index contributed by atoms with van der Waals surface area (Å²) in [7, 11) is 0. The van der Waals surface area contributed by atoms with Crippen molar-refractivity contribution in [2.75, 3.05) is 39.3 Å². The number of fused-ring (bicyclic) bond motifs is 1. The Morgan fingerprint density at radius 2 is 1.97 bits per heavy atom. The number of hydrogen-bond donors (Lipinski definition) is 2. The van der Waals surface area contributed by atoms with Gasteiger partial charge in [-0.2, -0.15) is 0 Å². The minimum Gasteiger partial charge on any atom is -0.484 e. The molecule has 0 atom stereocenters. The molecule has 1 aliphatic heterocycles. The van der Waals surface area contributed by atoms with E-state index < -0.39 is 5.63 Å². The first-order valence-electron chi connectivity index (χ1n) is 9.90. The van der Waals surface area contributed by atoms with Crippen LogP contribution in [0.15, 0.2) is 33.5 Å². The van der Waals surface area contributed by atoms with Crippen LogP contribution in [0.2, 0.25) is 0 Å². The molecule has 2 amide bonds. The van der Waals surface area contributed by atoms with E-state index in [1.165, 1.54) is 11.0 Å². The molecule has 0 saturated carbocycles. The van der Waals surface area contributed by atoms with Gasteiger partial charge in [0.2, 0.25) is 0 Å². The Bertz CT molecular complexity index is 945. The second kappa shape index (κ2) is 9.09. The highest BCUT2D eigenvalue weighted by Gasteiger charge is 2.25. The summed E-state index contributed by atoms with van der Waals surface area (Å²) >= 11 is 0. The summed E-state index contributed by atoms with van der Waals surface area (Å²) in [4.78, 5) is 38.8. The van der Waals surface area contributed by atoms with Gasteiger partial charge in [-0.3, -0.25) is 9.59 Å². The third kappa shape index (κ3) is 5.57. The van der Waals surface area contributed by atoms with E-state index in [1.54, 1.807) is 17.0 Å². The van der Waals surface area contributed by atoms with Gasteiger partial charge < -0.3 is 24.3 Å². The van der Waals surface area contributed by atoms with Crippen LogP contribution in [0, 0.1) is 6.92 Å². The quantitative estimate of drug-likeness (QED) is 0.649. The Labute approximate surface area is 169 Å². The maximum absolute atomic E-state index is 12.5. The van der Waals surface area contributed by atoms with E-state index in [9.17, 15) is 14.4 Å². The van der Waals surface area contributed by atoms with E-state index in [0.717, 1.165) is 24.0 Å². The molecule has 8 heteroatoms. The Hall–Kier alpha value is -2.87. The van der Waals surface area contributed by atoms with Gasteiger partial charge >= 0.3 is 5.63 Å².